The number of carbonyl (C=O) groups is 1. The fourth-order valence-electron chi connectivity index (χ4n) is 0.175. The number of nitrogens with two attached hydrogens (primary N) is 2. The zero-order chi connectivity index (χ0) is 6.57. The van der Waals surface area contributed by atoms with Gasteiger partial charge in [0, 0.05) is 0 Å². The van der Waals surface area contributed by atoms with Crippen molar-refractivity contribution in [3.8, 4) is 0 Å². The average molecular weight is 157 g/mol. The molecular formula is C3H9ClN2O3. The highest BCUT2D eigenvalue weighted by molar-refractivity contribution is 5.85. The Morgan fingerprint density at radius 3 is 2.33 bits per heavy atom. The normalized spacial score (nSPS) is 11.8. The molecule has 0 aliphatic carbocycles. The lowest BCUT2D eigenvalue weighted by atomic mass is 10.3. The third-order valence-electron chi connectivity index (χ3n) is 0.593. The van der Waals surface area contributed by atoms with Crippen LogP contribution in [0.4, 0.5) is 0 Å². The molecule has 5 nitrogen and oxygen atoms in total. The van der Waals surface area contributed by atoms with Gasteiger partial charge in [0.05, 0.1) is 6.61 Å². The Morgan fingerprint density at radius 1 is 1.78 bits per heavy atom. The van der Waals surface area contributed by atoms with E-state index in [1.807, 2.05) is 0 Å². The molecule has 0 aliphatic rings. The highest BCUT2D eigenvalue weighted by atomic mass is 35.5. The minimum Gasteiger partial charge on any atom is -0.480 e. The molecule has 0 bridgehead atoms. The van der Waals surface area contributed by atoms with Gasteiger partial charge < -0.3 is 15.7 Å². The summed E-state index contributed by atoms with van der Waals surface area (Å²) in [7, 11) is 0. The summed E-state index contributed by atoms with van der Waals surface area (Å²) < 4.78 is 0. The summed E-state index contributed by atoms with van der Waals surface area (Å²) in [5, 5.41) is 8.05. The summed E-state index contributed by atoms with van der Waals surface area (Å²) in [5.74, 6) is 3.41. The van der Waals surface area contributed by atoms with Crippen LogP contribution in [0.2, 0.25) is 0 Å². The first-order valence-corrected chi connectivity index (χ1v) is 1.98. The Hall–Kier alpha value is -0.360. The molecule has 0 rings (SSSR count). The van der Waals surface area contributed by atoms with Gasteiger partial charge in [-0.15, -0.1) is 12.4 Å². The largest absolute Gasteiger partial charge is 0.480 e. The highest BCUT2D eigenvalue weighted by Crippen LogP contribution is 1.75. The molecule has 0 saturated heterocycles. The minimum absolute atomic E-state index is 0. The maximum absolute atomic E-state index is 9.83. The Kier molecular flexibility index (Phi) is 7.33. The second-order valence-electron chi connectivity index (χ2n) is 1.28. The van der Waals surface area contributed by atoms with Crippen molar-refractivity contribution in [2.45, 2.75) is 6.04 Å². The van der Waals surface area contributed by atoms with Gasteiger partial charge in [-0.3, -0.25) is 4.79 Å². The zero-order valence-electron chi connectivity index (χ0n) is 4.61. The van der Waals surface area contributed by atoms with Crippen LogP contribution in [0.1, 0.15) is 0 Å². The van der Waals surface area contributed by atoms with Crippen molar-refractivity contribution in [2.24, 2.45) is 11.6 Å². The van der Waals surface area contributed by atoms with E-state index in [9.17, 15) is 4.79 Å². The first kappa shape index (κ1) is 11.4. The van der Waals surface area contributed by atoms with Crippen LogP contribution in [-0.2, 0) is 9.63 Å². The number of halogens is 1. The molecule has 0 spiro atoms. The van der Waals surface area contributed by atoms with Gasteiger partial charge >= 0.3 is 5.97 Å². The summed E-state index contributed by atoms with van der Waals surface area (Å²) in [5.41, 5.74) is 4.92. The Morgan fingerprint density at radius 2 is 2.22 bits per heavy atom. The molecule has 0 aromatic rings. The molecule has 0 radical (unpaired) electrons. The second kappa shape index (κ2) is 5.77. The molecular weight excluding hydrogens is 147 g/mol. The quantitative estimate of drug-likeness (QED) is 0.442. The van der Waals surface area contributed by atoms with E-state index in [1.165, 1.54) is 0 Å². The average Bonchev–Trinajstić information content (AvgIpc) is 1.67. The lowest BCUT2D eigenvalue weighted by Crippen LogP contribution is -2.35. The van der Waals surface area contributed by atoms with Gasteiger partial charge in [0.25, 0.3) is 0 Å². The van der Waals surface area contributed by atoms with Gasteiger partial charge in [0.2, 0.25) is 0 Å². The minimum atomic E-state index is -1.12. The summed E-state index contributed by atoms with van der Waals surface area (Å²) in [6.45, 7) is -0.157. The van der Waals surface area contributed by atoms with E-state index in [1.54, 1.807) is 0 Å². The summed E-state index contributed by atoms with van der Waals surface area (Å²) in [6.07, 6.45) is 0. The van der Waals surface area contributed by atoms with Crippen molar-refractivity contribution in [1.82, 2.24) is 0 Å². The highest BCUT2D eigenvalue weighted by Gasteiger charge is 2.09. The third kappa shape index (κ3) is 5.51. The molecule has 0 heterocycles. The van der Waals surface area contributed by atoms with Crippen molar-refractivity contribution in [1.29, 1.82) is 0 Å². The maximum Gasteiger partial charge on any atom is 0.322 e. The van der Waals surface area contributed by atoms with Crippen molar-refractivity contribution in [2.75, 3.05) is 6.61 Å². The molecule has 0 amide bonds. The SMILES string of the molecule is Cl.NOC[C@H](N)C(=O)O. The Bertz CT molecular complexity index is 89.1. The van der Waals surface area contributed by atoms with Crippen LogP contribution in [0.5, 0.6) is 0 Å². The number of rotatable bonds is 3. The van der Waals surface area contributed by atoms with Crippen molar-refractivity contribution < 1.29 is 14.7 Å². The Labute approximate surface area is 58.3 Å². The van der Waals surface area contributed by atoms with E-state index in [2.05, 4.69) is 10.7 Å². The fourth-order valence-corrected chi connectivity index (χ4v) is 0.175. The third-order valence-corrected chi connectivity index (χ3v) is 0.593. The number of aliphatic carboxylic acids is 1. The standard InChI is InChI=1S/C3H8N2O3.ClH/c4-2(1-8-5)3(6)7;/h2H,1,4-5H2,(H,6,7);1H/t2-;/m0./s1. The number of carboxylic acids is 1. The molecule has 5 N–H and O–H groups in total. The number of hydrogen-bond donors (Lipinski definition) is 3. The first-order valence-electron chi connectivity index (χ1n) is 1.98. The van der Waals surface area contributed by atoms with E-state index < -0.39 is 12.0 Å². The molecule has 0 unspecified atom stereocenters. The molecule has 0 aromatic carbocycles. The molecule has 0 aliphatic heterocycles. The number of carboxylic acid groups (broad SMARTS) is 1. The van der Waals surface area contributed by atoms with Crippen LogP contribution in [0.15, 0.2) is 0 Å². The lowest BCUT2D eigenvalue weighted by molar-refractivity contribution is -0.140. The summed E-state index contributed by atoms with van der Waals surface area (Å²) in [4.78, 5) is 13.8. The van der Waals surface area contributed by atoms with Crippen LogP contribution in [-0.4, -0.2) is 23.7 Å². The van der Waals surface area contributed by atoms with E-state index >= 15 is 0 Å². The molecule has 6 heteroatoms. The molecule has 56 valence electrons. The first-order chi connectivity index (χ1) is 3.68. The summed E-state index contributed by atoms with van der Waals surface area (Å²) >= 11 is 0. The van der Waals surface area contributed by atoms with Gasteiger partial charge in [-0.2, -0.15) is 0 Å². The second-order valence-corrected chi connectivity index (χ2v) is 1.28. The molecule has 0 fully saturated rings. The van der Waals surface area contributed by atoms with Gasteiger partial charge in [-0.1, -0.05) is 0 Å². The zero-order valence-corrected chi connectivity index (χ0v) is 5.43. The van der Waals surface area contributed by atoms with Crippen LogP contribution in [0.25, 0.3) is 0 Å². The predicted molar refractivity (Wildman–Crippen MR) is 33.0 cm³/mol. The van der Waals surface area contributed by atoms with E-state index in [-0.39, 0.29) is 19.0 Å². The van der Waals surface area contributed by atoms with Crippen molar-refractivity contribution in [3.63, 3.8) is 0 Å². The van der Waals surface area contributed by atoms with Gasteiger partial charge in [0.1, 0.15) is 6.04 Å². The van der Waals surface area contributed by atoms with E-state index in [4.69, 9.17) is 10.8 Å². The van der Waals surface area contributed by atoms with Crippen LogP contribution in [0.3, 0.4) is 0 Å². The van der Waals surface area contributed by atoms with Crippen molar-refractivity contribution in [3.05, 3.63) is 0 Å². The fraction of sp³-hybridized carbons (Fsp3) is 0.667. The smallest absolute Gasteiger partial charge is 0.322 e. The van der Waals surface area contributed by atoms with Gasteiger partial charge in [-0.05, 0) is 0 Å². The van der Waals surface area contributed by atoms with Crippen LogP contribution < -0.4 is 11.6 Å². The molecule has 0 saturated carbocycles. The maximum atomic E-state index is 9.83. The van der Waals surface area contributed by atoms with Crippen LogP contribution in [0, 0.1) is 0 Å². The Balaban J connectivity index is 0. The molecule has 1 atom stereocenters. The van der Waals surface area contributed by atoms with E-state index in [0.29, 0.717) is 0 Å². The predicted octanol–water partition coefficient (Wildman–Crippen LogP) is -1.29. The van der Waals surface area contributed by atoms with Gasteiger partial charge in [-0.25, -0.2) is 5.90 Å². The lowest BCUT2D eigenvalue weighted by Gasteiger charge is -2.00. The monoisotopic (exact) mass is 156 g/mol. The molecule has 9 heavy (non-hydrogen) atoms. The molecule has 0 aromatic heterocycles. The number of hydrogen-bond acceptors (Lipinski definition) is 4. The topological polar surface area (TPSA) is 98.6 Å². The van der Waals surface area contributed by atoms with Gasteiger partial charge in [0.15, 0.2) is 0 Å². The van der Waals surface area contributed by atoms with Crippen LogP contribution >= 0.6 is 12.4 Å². The van der Waals surface area contributed by atoms with E-state index in [0.717, 1.165) is 0 Å². The van der Waals surface area contributed by atoms with Crippen molar-refractivity contribution >= 4 is 18.4 Å². The summed E-state index contributed by atoms with van der Waals surface area (Å²) in [6, 6.07) is -1.01.